The summed E-state index contributed by atoms with van der Waals surface area (Å²) in [5.74, 6) is -0.162. The van der Waals surface area contributed by atoms with Crippen LogP contribution in [0.15, 0.2) is 41.9 Å². The number of hydrogen-bond acceptors (Lipinski definition) is 6. The number of nitrogens with one attached hydrogen (secondary N) is 1. The van der Waals surface area contributed by atoms with Gasteiger partial charge in [-0.1, -0.05) is 39.0 Å². The summed E-state index contributed by atoms with van der Waals surface area (Å²) in [6.45, 7) is 2.40. The van der Waals surface area contributed by atoms with E-state index in [4.69, 9.17) is 10.00 Å². The molecular weight excluding hydrogens is 449 g/mol. The van der Waals surface area contributed by atoms with Gasteiger partial charge in [-0.3, -0.25) is 0 Å². The van der Waals surface area contributed by atoms with Gasteiger partial charge in [0.2, 0.25) is 0 Å². The summed E-state index contributed by atoms with van der Waals surface area (Å²) in [4.78, 5) is 8.42. The lowest BCUT2D eigenvalue weighted by molar-refractivity contribution is -0.138. The Morgan fingerprint density at radius 3 is 2.58 bits per heavy atom. The van der Waals surface area contributed by atoms with Crippen LogP contribution >= 0.6 is 11.3 Å². The Labute approximate surface area is 195 Å². The van der Waals surface area contributed by atoms with Crippen molar-refractivity contribution in [3.8, 4) is 23.1 Å². The molecule has 0 unspecified atom stereocenters. The van der Waals surface area contributed by atoms with Crippen molar-refractivity contribution in [1.29, 1.82) is 5.26 Å². The average molecular weight is 475 g/mol. The molecule has 0 saturated carbocycles. The summed E-state index contributed by atoms with van der Waals surface area (Å²) < 4.78 is 46.3. The Balaban J connectivity index is 1.65. The summed E-state index contributed by atoms with van der Waals surface area (Å²) in [5, 5.41) is 14.0. The lowest BCUT2D eigenvalue weighted by Crippen LogP contribution is -2.10. The first kappa shape index (κ1) is 24.5. The fourth-order valence-electron chi connectivity index (χ4n) is 3.22. The van der Waals surface area contributed by atoms with Gasteiger partial charge in [-0.05, 0) is 36.8 Å². The molecule has 3 aromatic rings. The van der Waals surface area contributed by atoms with Gasteiger partial charge in [0.1, 0.15) is 17.5 Å². The third-order valence-corrected chi connectivity index (χ3v) is 5.73. The predicted molar refractivity (Wildman–Crippen MR) is 124 cm³/mol. The first-order valence-electron chi connectivity index (χ1n) is 10.8. The van der Waals surface area contributed by atoms with Gasteiger partial charge in [-0.25, -0.2) is 9.97 Å². The number of hydrogen-bond donors (Lipinski definition) is 1. The van der Waals surface area contributed by atoms with Crippen LogP contribution in [-0.4, -0.2) is 16.6 Å². The SMILES string of the molecule is CCCCCCCCOc1ccc(Nc2nc(-c3ccc(C#N)nc3)cs2)cc1C(F)(F)F. The molecule has 3 rings (SSSR count). The highest BCUT2D eigenvalue weighted by atomic mass is 32.1. The molecular formula is C24H25F3N4OS. The van der Waals surface area contributed by atoms with Gasteiger partial charge in [-0.2, -0.15) is 18.4 Å². The van der Waals surface area contributed by atoms with Crippen molar-refractivity contribution < 1.29 is 17.9 Å². The molecule has 0 aliphatic rings. The number of benzene rings is 1. The van der Waals surface area contributed by atoms with E-state index < -0.39 is 11.7 Å². The van der Waals surface area contributed by atoms with E-state index in [1.165, 1.54) is 30.0 Å². The van der Waals surface area contributed by atoms with Crippen molar-refractivity contribution in [1.82, 2.24) is 9.97 Å². The van der Waals surface area contributed by atoms with Crippen molar-refractivity contribution >= 4 is 22.2 Å². The number of pyridine rings is 1. The molecule has 9 heteroatoms. The number of anilines is 2. The smallest absolute Gasteiger partial charge is 0.420 e. The summed E-state index contributed by atoms with van der Waals surface area (Å²) >= 11 is 1.26. The summed E-state index contributed by atoms with van der Waals surface area (Å²) in [6.07, 6.45) is 3.23. The number of rotatable bonds is 11. The van der Waals surface area contributed by atoms with Crippen LogP contribution in [0.1, 0.15) is 56.7 Å². The van der Waals surface area contributed by atoms with Gasteiger partial charge < -0.3 is 10.1 Å². The molecule has 0 radical (unpaired) electrons. The second-order valence-corrected chi connectivity index (χ2v) is 8.39. The molecule has 0 aliphatic carbocycles. The number of ether oxygens (including phenoxy) is 1. The topological polar surface area (TPSA) is 70.8 Å². The van der Waals surface area contributed by atoms with Crippen LogP contribution in [0.25, 0.3) is 11.3 Å². The van der Waals surface area contributed by atoms with Gasteiger partial charge >= 0.3 is 6.18 Å². The Morgan fingerprint density at radius 2 is 1.88 bits per heavy atom. The Kier molecular flexibility index (Phi) is 8.66. The minimum atomic E-state index is -4.53. The van der Waals surface area contributed by atoms with E-state index in [1.54, 1.807) is 23.6 Å². The number of nitrogens with zero attached hydrogens (tertiary/aromatic N) is 3. The van der Waals surface area contributed by atoms with E-state index in [9.17, 15) is 13.2 Å². The fourth-order valence-corrected chi connectivity index (χ4v) is 3.96. The van der Waals surface area contributed by atoms with Crippen molar-refractivity contribution in [2.45, 2.75) is 51.6 Å². The van der Waals surface area contributed by atoms with E-state index >= 15 is 0 Å². The van der Waals surface area contributed by atoms with Crippen LogP contribution < -0.4 is 10.1 Å². The van der Waals surface area contributed by atoms with E-state index in [-0.39, 0.29) is 18.0 Å². The average Bonchev–Trinajstić information content (AvgIpc) is 3.27. The number of thiazole rings is 1. The molecule has 0 saturated heterocycles. The van der Waals surface area contributed by atoms with Crippen LogP contribution in [0.3, 0.4) is 0 Å². The summed E-state index contributed by atoms with van der Waals surface area (Å²) in [6, 6.07) is 9.20. The summed E-state index contributed by atoms with van der Waals surface area (Å²) in [7, 11) is 0. The molecule has 0 amide bonds. The highest BCUT2D eigenvalue weighted by Gasteiger charge is 2.34. The fraction of sp³-hybridized carbons (Fsp3) is 0.375. The van der Waals surface area contributed by atoms with E-state index in [0.717, 1.165) is 38.2 Å². The Morgan fingerprint density at radius 1 is 1.09 bits per heavy atom. The van der Waals surface area contributed by atoms with Gasteiger partial charge in [-0.15, -0.1) is 11.3 Å². The molecule has 0 spiro atoms. The molecule has 1 aromatic carbocycles. The van der Waals surface area contributed by atoms with Gasteiger partial charge in [0.05, 0.1) is 17.9 Å². The second-order valence-electron chi connectivity index (χ2n) is 7.53. The molecule has 2 heterocycles. The Hall–Kier alpha value is -3.12. The molecule has 5 nitrogen and oxygen atoms in total. The first-order valence-corrected chi connectivity index (χ1v) is 11.7. The molecule has 0 fully saturated rings. The van der Waals surface area contributed by atoms with Gasteiger partial charge in [0.25, 0.3) is 0 Å². The van der Waals surface area contributed by atoms with Crippen LogP contribution in [-0.2, 0) is 6.18 Å². The monoisotopic (exact) mass is 474 g/mol. The second kappa shape index (κ2) is 11.7. The molecule has 1 N–H and O–H groups in total. The minimum absolute atomic E-state index is 0.162. The maximum absolute atomic E-state index is 13.6. The molecule has 33 heavy (non-hydrogen) atoms. The zero-order valence-corrected chi connectivity index (χ0v) is 19.1. The standard InChI is InChI=1S/C24H25F3N4OS/c1-2-3-4-5-6-7-12-32-22-11-10-18(13-20(22)24(25,26)27)30-23-31-21(16-33-23)17-8-9-19(14-28)29-15-17/h8-11,13,15-16H,2-7,12H2,1H3,(H,30,31). The third-order valence-electron chi connectivity index (χ3n) is 4.97. The highest BCUT2D eigenvalue weighted by molar-refractivity contribution is 7.14. The molecule has 0 atom stereocenters. The van der Waals surface area contributed by atoms with Crippen molar-refractivity contribution in [3.05, 3.63) is 53.2 Å². The molecule has 2 aromatic heterocycles. The van der Waals surface area contributed by atoms with E-state index in [0.29, 0.717) is 22.1 Å². The van der Waals surface area contributed by atoms with Gasteiger partial charge in [0.15, 0.2) is 5.13 Å². The molecule has 0 aliphatic heterocycles. The van der Waals surface area contributed by atoms with Crippen molar-refractivity contribution in [2.24, 2.45) is 0 Å². The molecule has 0 bridgehead atoms. The minimum Gasteiger partial charge on any atom is -0.493 e. The molecule has 174 valence electrons. The lowest BCUT2D eigenvalue weighted by atomic mass is 10.1. The van der Waals surface area contributed by atoms with Crippen LogP contribution in [0, 0.1) is 11.3 Å². The predicted octanol–water partition coefficient (Wildman–Crippen LogP) is 7.58. The van der Waals surface area contributed by atoms with Crippen LogP contribution in [0.4, 0.5) is 24.0 Å². The largest absolute Gasteiger partial charge is 0.493 e. The third kappa shape index (κ3) is 7.19. The van der Waals surface area contributed by atoms with Crippen molar-refractivity contribution in [3.63, 3.8) is 0 Å². The zero-order valence-electron chi connectivity index (χ0n) is 18.3. The quantitative estimate of drug-likeness (QED) is 0.290. The first-order chi connectivity index (χ1) is 15.9. The number of halogens is 3. The highest BCUT2D eigenvalue weighted by Crippen LogP contribution is 2.39. The maximum atomic E-state index is 13.6. The van der Waals surface area contributed by atoms with Crippen LogP contribution in [0.2, 0.25) is 0 Å². The van der Waals surface area contributed by atoms with Gasteiger partial charge in [0, 0.05) is 22.8 Å². The number of unbranched alkanes of at least 4 members (excludes halogenated alkanes) is 5. The number of nitriles is 1. The summed E-state index contributed by atoms with van der Waals surface area (Å²) in [5.41, 5.74) is 1.09. The van der Waals surface area contributed by atoms with Crippen LogP contribution in [0.5, 0.6) is 5.75 Å². The number of alkyl halides is 3. The number of aromatic nitrogens is 2. The normalized spacial score (nSPS) is 11.2. The zero-order chi connectivity index (χ0) is 23.7. The van der Waals surface area contributed by atoms with Crippen molar-refractivity contribution in [2.75, 3.05) is 11.9 Å². The maximum Gasteiger partial charge on any atom is 0.420 e. The van der Waals surface area contributed by atoms with E-state index in [1.807, 2.05) is 6.07 Å². The Bertz CT molecular complexity index is 1070. The van der Waals surface area contributed by atoms with E-state index in [2.05, 4.69) is 22.2 Å². The lowest BCUT2D eigenvalue weighted by Gasteiger charge is -2.15.